The molecule has 1 fully saturated rings. The van der Waals surface area contributed by atoms with E-state index in [1.54, 1.807) is 19.1 Å². The van der Waals surface area contributed by atoms with Crippen molar-refractivity contribution in [2.45, 2.75) is 31.6 Å². The van der Waals surface area contributed by atoms with Gasteiger partial charge in [-0.2, -0.15) is 9.29 Å². The predicted octanol–water partition coefficient (Wildman–Crippen LogP) is 4.05. The Balaban J connectivity index is 1.56. The number of hydrogen-bond donors (Lipinski definition) is 1. The molecule has 1 atom stereocenters. The Hall–Kier alpha value is -2.95. The summed E-state index contributed by atoms with van der Waals surface area (Å²) in [6.07, 6.45) is 1.12. The van der Waals surface area contributed by atoms with Crippen molar-refractivity contribution in [2.75, 3.05) is 25.5 Å². The Bertz CT molecular complexity index is 1320. The first-order chi connectivity index (χ1) is 16.2. The van der Waals surface area contributed by atoms with E-state index in [1.165, 1.54) is 23.5 Å². The van der Waals surface area contributed by atoms with Crippen LogP contribution in [0.2, 0.25) is 5.02 Å². The van der Waals surface area contributed by atoms with Crippen molar-refractivity contribution in [3.05, 3.63) is 52.9 Å². The molecule has 1 N–H and O–H groups in total. The highest BCUT2D eigenvalue weighted by Crippen LogP contribution is 2.32. The van der Waals surface area contributed by atoms with Crippen LogP contribution < -0.4 is 10.1 Å². The summed E-state index contributed by atoms with van der Waals surface area (Å²) in [6, 6.07) is 10.0. The molecule has 2 aromatic carbocycles. The number of carbonyl (C=O) groups is 1. The summed E-state index contributed by atoms with van der Waals surface area (Å²) in [5, 5.41) is 6.82. The van der Waals surface area contributed by atoms with Crippen LogP contribution in [0.5, 0.6) is 5.75 Å². The van der Waals surface area contributed by atoms with Gasteiger partial charge in [0, 0.05) is 25.6 Å². The number of carbonyl (C=O) groups excluding carboxylic acids is 1. The van der Waals surface area contributed by atoms with Gasteiger partial charge in [-0.15, -0.1) is 0 Å². The molecule has 0 spiro atoms. The monoisotopic (exact) mass is 504 g/mol. The van der Waals surface area contributed by atoms with Crippen LogP contribution in [0.15, 0.2) is 45.8 Å². The summed E-state index contributed by atoms with van der Waals surface area (Å²) in [5.41, 5.74) is 1.99. The Labute approximate surface area is 203 Å². The molecule has 11 heteroatoms. The topological polar surface area (TPSA) is 115 Å². The largest absolute Gasteiger partial charge is 0.495 e. The van der Waals surface area contributed by atoms with Crippen LogP contribution in [0.4, 0.5) is 5.69 Å². The minimum Gasteiger partial charge on any atom is -0.495 e. The number of benzene rings is 2. The van der Waals surface area contributed by atoms with Crippen LogP contribution in [-0.4, -0.2) is 49.0 Å². The Morgan fingerprint density at radius 1 is 1.24 bits per heavy atom. The minimum absolute atomic E-state index is 0.0458. The smallest absolute Gasteiger partial charge is 0.244 e. The number of rotatable bonds is 6. The van der Waals surface area contributed by atoms with Gasteiger partial charge in [-0.1, -0.05) is 22.8 Å². The van der Waals surface area contributed by atoms with Gasteiger partial charge < -0.3 is 14.6 Å². The van der Waals surface area contributed by atoms with E-state index in [9.17, 15) is 13.2 Å². The number of nitrogens with zero attached hydrogens (tertiary/aromatic N) is 3. The van der Waals surface area contributed by atoms with Crippen molar-refractivity contribution in [2.24, 2.45) is 5.92 Å². The van der Waals surface area contributed by atoms with Gasteiger partial charge in [0.1, 0.15) is 10.6 Å². The molecule has 1 aromatic heterocycles. The first-order valence-corrected chi connectivity index (χ1v) is 12.6. The molecule has 0 aliphatic carbocycles. The summed E-state index contributed by atoms with van der Waals surface area (Å²) >= 11 is 6.28. The molecule has 0 saturated carbocycles. The molecule has 4 rings (SSSR count). The molecular formula is C23H25ClN4O5S. The van der Waals surface area contributed by atoms with Crippen molar-refractivity contribution in [3.63, 3.8) is 0 Å². The van der Waals surface area contributed by atoms with Crippen molar-refractivity contribution < 1.29 is 22.5 Å². The number of halogens is 1. The third-order valence-corrected chi connectivity index (χ3v) is 8.05. The molecule has 0 radical (unpaired) electrons. The summed E-state index contributed by atoms with van der Waals surface area (Å²) in [7, 11) is -2.43. The second kappa shape index (κ2) is 9.73. The molecule has 0 unspecified atom stereocenters. The number of aromatic nitrogens is 2. The molecule has 1 amide bonds. The van der Waals surface area contributed by atoms with Crippen LogP contribution in [0, 0.1) is 19.8 Å². The average Bonchev–Trinajstić information content (AvgIpc) is 3.25. The third-order valence-electron chi connectivity index (χ3n) is 5.70. The molecule has 0 bridgehead atoms. The van der Waals surface area contributed by atoms with Gasteiger partial charge in [-0.25, -0.2) is 8.42 Å². The lowest BCUT2D eigenvalue weighted by Crippen LogP contribution is -2.43. The van der Waals surface area contributed by atoms with Crippen LogP contribution in [0.3, 0.4) is 0 Å². The van der Waals surface area contributed by atoms with Crippen LogP contribution in [0.25, 0.3) is 11.4 Å². The highest BCUT2D eigenvalue weighted by atomic mass is 35.5. The van der Waals surface area contributed by atoms with Gasteiger partial charge in [0.15, 0.2) is 0 Å². The maximum atomic E-state index is 13.5. The third kappa shape index (κ3) is 4.94. The number of hydrogen-bond acceptors (Lipinski definition) is 7. The second-order valence-corrected chi connectivity index (χ2v) is 10.5. The number of nitrogens with one attached hydrogen (secondary N) is 1. The molecule has 180 valence electrons. The van der Waals surface area contributed by atoms with E-state index in [0.717, 1.165) is 5.56 Å². The average molecular weight is 505 g/mol. The van der Waals surface area contributed by atoms with Crippen molar-refractivity contribution in [1.82, 2.24) is 14.4 Å². The minimum atomic E-state index is -3.96. The van der Waals surface area contributed by atoms with E-state index in [4.69, 9.17) is 20.9 Å². The van der Waals surface area contributed by atoms with Gasteiger partial charge in [0.25, 0.3) is 0 Å². The van der Waals surface area contributed by atoms with Crippen LogP contribution >= 0.6 is 11.6 Å². The fraction of sp³-hybridized carbons (Fsp3) is 0.348. The molecular weight excluding hydrogens is 480 g/mol. The number of ether oxygens (including phenoxy) is 1. The lowest BCUT2D eigenvalue weighted by molar-refractivity contribution is -0.120. The number of sulfonamides is 1. The Morgan fingerprint density at radius 3 is 2.74 bits per heavy atom. The number of anilines is 1. The second-order valence-electron chi connectivity index (χ2n) is 8.18. The maximum Gasteiger partial charge on any atom is 0.244 e. The normalized spacial score (nSPS) is 16.9. The maximum absolute atomic E-state index is 13.5. The molecule has 2 heterocycles. The Morgan fingerprint density at radius 2 is 2.03 bits per heavy atom. The lowest BCUT2D eigenvalue weighted by Gasteiger charge is -2.31. The predicted molar refractivity (Wildman–Crippen MR) is 127 cm³/mol. The zero-order chi connectivity index (χ0) is 24.5. The first kappa shape index (κ1) is 24.2. The van der Waals surface area contributed by atoms with E-state index in [1.807, 2.05) is 19.1 Å². The highest BCUT2D eigenvalue weighted by molar-refractivity contribution is 7.89. The van der Waals surface area contributed by atoms with E-state index < -0.39 is 15.9 Å². The zero-order valence-electron chi connectivity index (χ0n) is 19.0. The van der Waals surface area contributed by atoms with Gasteiger partial charge in [0.2, 0.25) is 27.6 Å². The van der Waals surface area contributed by atoms with E-state index in [2.05, 4.69) is 15.5 Å². The highest BCUT2D eigenvalue weighted by Gasteiger charge is 2.35. The Kier molecular flexibility index (Phi) is 6.92. The zero-order valence-corrected chi connectivity index (χ0v) is 20.6. The molecule has 1 aliphatic rings. The lowest BCUT2D eigenvalue weighted by atomic mass is 9.98. The SMILES string of the molecule is COc1ccc(C)cc1NC(=O)[C@H]1CCCN(S(=O)(=O)c2cc(-c3noc(C)n3)ccc2Cl)C1. The molecule has 3 aromatic rings. The first-order valence-electron chi connectivity index (χ1n) is 10.7. The number of piperidine rings is 1. The molecule has 34 heavy (non-hydrogen) atoms. The number of amides is 1. The summed E-state index contributed by atoms with van der Waals surface area (Å²) in [4.78, 5) is 17.1. The summed E-state index contributed by atoms with van der Waals surface area (Å²) in [5.74, 6) is 0.402. The standard InChI is InChI=1S/C23H25ClN4O5S/c1-14-6-9-20(32-3)19(11-14)26-23(29)17-5-4-10-28(13-17)34(30,31)21-12-16(7-8-18(21)24)22-25-15(2)33-27-22/h6-9,11-12,17H,4-5,10,13H2,1-3H3,(H,26,29)/t17-/m0/s1. The van der Waals surface area contributed by atoms with E-state index >= 15 is 0 Å². The van der Waals surface area contributed by atoms with Crippen LogP contribution in [-0.2, 0) is 14.8 Å². The fourth-order valence-electron chi connectivity index (χ4n) is 3.92. The molecule has 1 saturated heterocycles. The van der Waals surface area contributed by atoms with Gasteiger partial charge >= 0.3 is 0 Å². The quantitative estimate of drug-likeness (QED) is 0.538. The molecule has 1 aliphatic heterocycles. The number of aryl methyl sites for hydroxylation is 2. The summed E-state index contributed by atoms with van der Waals surface area (Å²) in [6.45, 7) is 3.90. The van der Waals surface area contributed by atoms with Gasteiger partial charge in [0.05, 0.1) is 23.7 Å². The van der Waals surface area contributed by atoms with Gasteiger partial charge in [-0.05, 0) is 55.7 Å². The van der Waals surface area contributed by atoms with Crippen molar-refractivity contribution in [3.8, 4) is 17.1 Å². The van der Waals surface area contributed by atoms with Crippen molar-refractivity contribution >= 4 is 33.2 Å². The van der Waals surface area contributed by atoms with Crippen LogP contribution in [0.1, 0.15) is 24.3 Å². The van der Waals surface area contributed by atoms with E-state index in [0.29, 0.717) is 42.3 Å². The fourth-order valence-corrected chi connectivity index (χ4v) is 5.95. The number of methoxy groups -OCH3 is 1. The summed E-state index contributed by atoms with van der Waals surface area (Å²) < 4.78 is 38.6. The molecule has 9 nitrogen and oxygen atoms in total. The van der Waals surface area contributed by atoms with Gasteiger partial charge in [-0.3, -0.25) is 4.79 Å². The van der Waals surface area contributed by atoms with E-state index in [-0.39, 0.29) is 28.2 Å². The van der Waals surface area contributed by atoms with Crippen molar-refractivity contribution in [1.29, 1.82) is 0 Å².